The summed E-state index contributed by atoms with van der Waals surface area (Å²) in [6.07, 6.45) is 1.44. The Morgan fingerprint density at radius 3 is 2.91 bits per heavy atom. The molecule has 0 radical (unpaired) electrons. The molecule has 3 N–H and O–H groups in total. The van der Waals surface area contributed by atoms with Gasteiger partial charge in [0.1, 0.15) is 11.0 Å². The third-order valence-corrected chi connectivity index (χ3v) is 3.62. The zero-order valence-electron chi connectivity index (χ0n) is 11.9. The van der Waals surface area contributed by atoms with E-state index < -0.39 is 0 Å². The van der Waals surface area contributed by atoms with Gasteiger partial charge in [-0.05, 0) is 30.3 Å². The lowest BCUT2D eigenvalue weighted by molar-refractivity contribution is 0.0949. The van der Waals surface area contributed by atoms with Gasteiger partial charge in [0.25, 0.3) is 5.91 Å². The minimum atomic E-state index is -0.226. The average molecular weight is 316 g/mol. The van der Waals surface area contributed by atoms with E-state index in [-0.39, 0.29) is 5.91 Å². The third-order valence-electron chi connectivity index (χ3n) is 3.39. The average Bonchev–Trinajstić information content (AvgIpc) is 2.81. The number of imidazole rings is 1. The number of aromatic nitrogens is 3. The molecule has 1 amide bonds. The van der Waals surface area contributed by atoms with E-state index >= 15 is 0 Å². The topological polar surface area (TPSA) is 85.8 Å². The molecule has 0 saturated heterocycles. The van der Waals surface area contributed by atoms with Crippen LogP contribution in [0.5, 0.6) is 0 Å². The predicted molar refractivity (Wildman–Crippen MR) is 85.5 cm³/mol. The standard InChI is InChI=1S/C15H14ClN5O/c1-21-12-4-3-10(17)6-11(12)20-14(21)8-19-15(22)9-2-5-13(16)18-7-9/h2-7H,8,17H2,1H3,(H,19,22). The molecular weight excluding hydrogens is 302 g/mol. The highest BCUT2D eigenvalue weighted by Crippen LogP contribution is 2.17. The van der Waals surface area contributed by atoms with Crippen LogP contribution in [0.25, 0.3) is 11.0 Å². The minimum Gasteiger partial charge on any atom is -0.399 e. The molecule has 0 spiro atoms. The SMILES string of the molecule is Cn1c(CNC(=O)c2ccc(Cl)nc2)nc2cc(N)ccc21. The Morgan fingerprint density at radius 2 is 2.18 bits per heavy atom. The number of hydrogen-bond acceptors (Lipinski definition) is 4. The van der Waals surface area contributed by atoms with Gasteiger partial charge in [-0.15, -0.1) is 0 Å². The molecule has 7 heteroatoms. The molecular formula is C15H14ClN5O. The molecule has 2 heterocycles. The lowest BCUT2D eigenvalue weighted by Crippen LogP contribution is -2.24. The van der Waals surface area contributed by atoms with Crippen LogP contribution in [0.3, 0.4) is 0 Å². The normalized spacial score (nSPS) is 10.8. The van der Waals surface area contributed by atoms with Crippen LogP contribution in [-0.4, -0.2) is 20.4 Å². The fourth-order valence-corrected chi connectivity index (χ4v) is 2.31. The van der Waals surface area contributed by atoms with Gasteiger partial charge in [0.15, 0.2) is 0 Å². The van der Waals surface area contributed by atoms with E-state index in [4.69, 9.17) is 17.3 Å². The van der Waals surface area contributed by atoms with E-state index in [1.54, 1.807) is 12.1 Å². The van der Waals surface area contributed by atoms with Crippen molar-refractivity contribution in [2.24, 2.45) is 7.05 Å². The highest BCUT2D eigenvalue weighted by atomic mass is 35.5. The number of fused-ring (bicyclic) bond motifs is 1. The molecule has 3 aromatic rings. The molecule has 0 aliphatic heterocycles. The van der Waals surface area contributed by atoms with Crippen LogP contribution in [0.4, 0.5) is 5.69 Å². The highest BCUT2D eigenvalue weighted by molar-refractivity contribution is 6.29. The molecule has 1 aromatic carbocycles. The van der Waals surface area contributed by atoms with Gasteiger partial charge >= 0.3 is 0 Å². The number of nitrogens with one attached hydrogen (secondary N) is 1. The molecule has 3 rings (SSSR count). The van der Waals surface area contributed by atoms with Gasteiger partial charge in [-0.2, -0.15) is 0 Å². The number of benzene rings is 1. The number of anilines is 1. The molecule has 0 aliphatic rings. The van der Waals surface area contributed by atoms with Crippen molar-refractivity contribution in [3.63, 3.8) is 0 Å². The summed E-state index contributed by atoms with van der Waals surface area (Å²) in [5.41, 5.74) is 8.64. The van der Waals surface area contributed by atoms with Gasteiger partial charge in [-0.3, -0.25) is 4.79 Å². The van der Waals surface area contributed by atoms with Crippen molar-refractivity contribution in [1.29, 1.82) is 0 Å². The van der Waals surface area contributed by atoms with Gasteiger partial charge in [-0.25, -0.2) is 9.97 Å². The van der Waals surface area contributed by atoms with Gasteiger partial charge in [0.2, 0.25) is 0 Å². The first-order valence-electron chi connectivity index (χ1n) is 6.65. The fraction of sp³-hybridized carbons (Fsp3) is 0.133. The van der Waals surface area contributed by atoms with Crippen molar-refractivity contribution in [1.82, 2.24) is 19.9 Å². The maximum Gasteiger partial charge on any atom is 0.253 e. The Kier molecular flexibility index (Phi) is 3.68. The van der Waals surface area contributed by atoms with Crippen LogP contribution in [0.1, 0.15) is 16.2 Å². The lowest BCUT2D eigenvalue weighted by atomic mass is 10.3. The largest absolute Gasteiger partial charge is 0.399 e. The number of amides is 1. The van der Waals surface area contributed by atoms with Crippen molar-refractivity contribution in [2.45, 2.75) is 6.54 Å². The number of carbonyl (C=O) groups excluding carboxylic acids is 1. The molecule has 0 fully saturated rings. The zero-order valence-corrected chi connectivity index (χ0v) is 12.6. The lowest BCUT2D eigenvalue weighted by Gasteiger charge is -2.05. The van der Waals surface area contributed by atoms with Crippen molar-refractivity contribution in [3.8, 4) is 0 Å². The number of halogens is 1. The summed E-state index contributed by atoms with van der Waals surface area (Å²) in [5, 5.41) is 3.17. The maximum atomic E-state index is 12.1. The van der Waals surface area contributed by atoms with E-state index in [1.807, 2.05) is 29.8 Å². The van der Waals surface area contributed by atoms with Crippen LogP contribution in [0.2, 0.25) is 5.15 Å². The number of nitrogens with two attached hydrogens (primary N) is 1. The first kappa shape index (κ1) is 14.3. The van der Waals surface area contributed by atoms with Crippen molar-refractivity contribution in [2.75, 3.05) is 5.73 Å². The predicted octanol–water partition coefficient (Wildman–Crippen LogP) is 2.13. The monoisotopic (exact) mass is 315 g/mol. The molecule has 0 unspecified atom stereocenters. The first-order valence-corrected chi connectivity index (χ1v) is 7.03. The summed E-state index contributed by atoms with van der Waals surface area (Å²) in [4.78, 5) is 20.4. The second kappa shape index (κ2) is 5.65. The second-order valence-corrected chi connectivity index (χ2v) is 5.27. The van der Waals surface area contributed by atoms with E-state index in [0.717, 1.165) is 16.9 Å². The number of hydrogen-bond donors (Lipinski definition) is 2. The Balaban J connectivity index is 1.77. The second-order valence-electron chi connectivity index (χ2n) is 4.89. The summed E-state index contributed by atoms with van der Waals surface area (Å²) in [6.45, 7) is 0.312. The molecule has 0 atom stereocenters. The Hall–Kier alpha value is -2.60. The quantitative estimate of drug-likeness (QED) is 0.572. The smallest absolute Gasteiger partial charge is 0.253 e. The molecule has 0 aliphatic carbocycles. The van der Waals surface area contributed by atoms with Crippen molar-refractivity contribution < 1.29 is 4.79 Å². The van der Waals surface area contributed by atoms with Gasteiger partial charge in [0, 0.05) is 18.9 Å². The van der Waals surface area contributed by atoms with Crippen LogP contribution in [0, 0.1) is 0 Å². The van der Waals surface area contributed by atoms with Crippen LogP contribution in [0.15, 0.2) is 36.5 Å². The number of nitrogens with zero attached hydrogens (tertiary/aromatic N) is 3. The molecule has 2 aromatic heterocycles. The molecule has 22 heavy (non-hydrogen) atoms. The molecule has 0 bridgehead atoms. The van der Waals surface area contributed by atoms with E-state index in [2.05, 4.69) is 15.3 Å². The Labute approximate surface area is 131 Å². The van der Waals surface area contributed by atoms with Crippen LogP contribution < -0.4 is 11.1 Å². The summed E-state index contributed by atoms with van der Waals surface area (Å²) >= 11 is 5.70. The number of aryl methyl sites for hydroxylation is 1. The van der Waals surface area contributed by atoms with E-state index in [1.165, 1.54) is 6.20 Å². The van der Waals surface area contributed by atoms with Gasteiger partial charge < -0.3 is 15.6 Å². The molecule has 6 nitrogen and oxygen atoms in total. The molecule has 0 saturated carbocycles. The summed E-state index contributed by atoms with van der Waals surface area (Å²) < 4.78 is 1.93. The van der Waals surface area contributed by atoms with Crippen molar-refractivity contribution in [3.05, 3.63) is 53.1 Å². The van der Waals surface area contributed by atoms with Crippen molar-refractivity contribution >= 4 is 34.2 Å². The summed E-state index contributed by atoms with van der Waals surface area (Å²) in [7, 11) is 1.90. The Morgan fingerprint density at radius 1 is 1.36 bits per heavy atom. The number of carbonyl (C=O) groups is 1. The van der Waals surface area contributed by atoms with Gasteiger partial charge in [0.05, 0.1) is 23.1 Å². The fourth-order valence-electron chi connectivity index (χ4n) is 2.20. The van der Waals surface area contributed by atoms with Gasteiger partial charge in [-0.1, -0.05) is 11.6 Å². The maximum absolute atomic E-state index is 12.1. The molecule has 112 valence electrons. The third kappa shape index (κ3) is 2.73. The number of rotatable bonds is 3. The summed E-state index contributed by atoms with van der Waals surface area (Å²) in [5.74, 6) is 0.520. The first-order chi connectivity index (χ1) is 10.5. The minimum absolute atomic E-state index is 0.226. The zero-order chi connectivity index (χ0) is 15.7. The number of nitrogen functional groups attached to an aromatic ring is 1. The van der Waals surface area contributed by atoms with Crippen LogP contribution >= 0.6 is 11.6 Å². The number of pyridine rings is 1. The van der Waals surface area contributed by atoms with E-state index in [0.29, 0.717) is 22.9 Å². The van der Waals surface area contributed by atoms with E-state index in [9.17, 15) is 4.79 Å². The van der Waals surface area contributed by atoms with Crippen LogP contribution in [-0.2, 0) is 13.6 Å². The Bertz CT molecular complexity index is 841. The highest BCUT2D eigenvalue weighted by Gasteiger charge is 2.10. The summed E-state index contributed by atoms with van der Waals surface area (Å²) in [6, 6.07) is 8.75.